The Balaban J connectivity index is 1.98. The lowest BCUT2D eigenvalue weighted by Gasteiger charge is -2.06. The van der Waals surface area contributed by atoms with E-state index in [-0.39, 0.29) is 5.76 Å². The summed E-state index contributed by atoms with van der Waals surface area (Å²) in [7, 11) is 0. The Morgan fingerprint density at radius 3 is 2.53 bits per heavy atom. The summed E-state index contributed by atoms with van der Waals surface area (Å²) in [4.78, 5) is 23.1. The Morgan fingerprint density at radius 2 is 1.89 bits per heavy atom. The van der Waals surface area contributed by atoms with Gasteiger partial charge in [0.15, 0.2) is 5.76 Å². The highest BCUT2D eigenvalue weighted by molar-refractivity contribution is 6.42. The van der Waals surface area contributed by atoms with E-state index in [0.717, 1.165) is 0 Å². The predicted octanol–water partition coefficient (Wildman–Crippen LogP) is 3.55. The molecule has 1 aromatic carbocycles. The van der Waals surface area contributed by atoms with Crippen molar-refractivity contribution in [3.8, 4) is 0 Å². The summed E-state index contributed by atoms with van der Waals surface area (Å²) in [5.41, 5.74) is 0.416. The lowest BCUT2D eigenvalue weighted by atomic mass is 10.3. The maximum absolute atomic E-state index is 11.6. The molecule has 5 nitrogen and oxygen atoms in total. The number of amides is 3. The zero-order valence-electron chi connectivity index (χ0n) is 9.44. The smallest absolute Gasteiger partial charge is 0.326 e. The van der Waals surface area contributed by atoms with E-state index < -0.39 is 11.9 Å². The third kappa shape index (κ3) is 3.49. The number of anilines is 1. The van der Waals surface area contributed by atoms with Crippen LogP contribution in [-0.4, -0.2) is 11.9 Å². The third-order valence-electron chi connectivity index (χ3n) is 2.15. The molecule has 2 rings (SSSR count). The van der Waals surface area contributed by atoms with Gasteiger partial charge in [-0.25, -0.2) is 4.79 Å². The molecule has 7 heteroatoms. The number of benzene rings is 1. The van der Waals surface area contributed by atoms with Crippen molar-refractivity contribution in [2.75, 3.05) is 5.32 Å². The van der Waals surface area contributed by atoms with Gasteiger partial charge in [-0.2, -0.15) is 0 Å². The van der Waals surface area contributed by atoms with Crippen LogP contribution in [0.15, 0.2) is 41.0 Å². The number of furan rings is 1. The normalized spacial score (nSPS) is 10.0. The first kappa shape index (κ1) is 13.5. The fourth-order valence-corrected chi connectivity index (χ4v) is 1.61. The molecule has 0 fully saturated rings. The molecule has 19 heavy (non-hydrogen) atoms. The van der Waals surface area contributed by atoms with Gasteiger partial charge in [0.25, 0.3) is 5.91 Å². The van der Waals surface area contributed by atoms with Gasteiger partial charge in [-0.3, -0.25) is 10.1 Å². The van der Waals surface area contributed by atoms with Crippen LogP contribution in [0.1, 0.15) is 10.6 Å². The molecule has 0 saturated carbocycles. The number of halogens is 2. The Kier molecular flexibility index (Phi) is 4.09. The second-order valence-electron chi connectivity index (χ2n) is 3.51. The van der Waals surface area contributed by atoms with Crippen molar-refractivity contribution in [3.63, 3.8) is 0 Å². The van der Waals surface area contributed by atoms with Crippen LogP contribution in [0.4, 0.5) is 10.5 Å². The second kappa shape index (κ2) is 5.77. The SMILES string of the molecule is O=C(NC(=O)c1ccco1)Nc1ccc(Cl)c(Cl)c1. The van der Waals surface area contributed by atoms with Crippen LogP contribution >= 0.6 is 23.2 Å². The third-order valence-corrected chi connectivity index (χ3v) is 2.89. The number of carbonyl (C=O) groups excluding carboxylic acids is 2. The molecule has 0 radical (unpaired) electrons. The van der Waals surface area contributed by atoms with Crippen LogP contribution < -0.4 is 10.6 Å². The number of nitrogens with one attached hydrogen (secondary N) is 2. The van der Waals surface area contributed by atoms with Crippen LogP contribution in [0.2, 0.25) is 10.0 Å². The first-order chi connectivity index (χ1) is 9.06. The molecule has 0 aliphatic heterocycles. The van der Waals surface area contributed by atoms with Crippen LogP contribution in [0.25, 0.3) is 0 Å². The number of hydrogen-bond donors (Lipinski definition) is 2. The Morgan fingerprint density at radius 1 is 1.11 bits per heavy atom. The highest BCUT2D eigenvalue weighted by atomic mass is 35.5. The van der Waals surface area contributed by atoms with E-state index in [1.54, 1.807) is 12.1 Å². The molecule has 2 N–H and O–H groups in total. The molecule has 0 aliphatic carbocycles. The summed E-state index contributed by atoms with van der Waals surface area (Å²) in [5, 5.41) is 5.23. The zero-order valence-corrected chi connectivity index (χ0v) is 11.0. The molecular formula is C12H8Cl2N2O3. The minimum Gasteiger partial charge on any atom is -0.459 e. The van der Waals surface area contributed by atoms with Gasteiger partial charge >= 0.3 is 6.03 Å². The van der Waals surface area contributed by atoms with Gasteiger partial charge in [-0.05, 0) is 30.3 Å². The maximum Gasteiger partial charge on any atom is 0.326 e. The van der Waals surface area contributed by atoms with E-state index in [4.69, 9.17) is 27.6 Å². The van der Waals surface area contributed by atoms with E-state index in [9.17, 15) is 9.59 Å². The molecule has 0 atom stereocenters. The summed E-state index contributed by atoms with van der Waals surface area (Å²) >= 11 is 11.5. The van der Waals surface area contributed by atoms with Gasteiger partial charge in [0, 0.05) is 5.69 Å². The number of hydrogen-bond acceptors (Lipinski definition) is 3. The molecule has 2 aromatic rings. The van der Waals surface area contributed by atoms with Crippen LogP contribution in [0.5, 0.6) is 0 Å². The summed E-state index contributed by atoms with van der Waals surface area (Å²) in [6.45, 7) is 0. The van der Waals surface area contributed by atoms with Crippen molar-refractivity contribution in [1.29, 1.82) is 0 Å². The number of rotatable bonds is 2. The van der Waals surface area contributed by atoms with E-state index in [1.165, 1.54) is 24.5 Å². The molecule has 0 bridgehead atoms. The van der Waals surface area contributed by atoms with Gasteiger partial charge in [0.1, 0.15) is 0 Å². The van der Waals surface area contributed by atoms with Gasteiger partial charge in [-0.15, -0.1) is 0 Å². The Hall–Kier alpha value is -1.98. The van der Waals surface area contributed by atoms with E-state index in [0.29, 0.717) is 15.7 Å². The van der Waals surface area contributed by atoms with Crippen molar-refractivity contribution in [2.24, 2.45) is 0 Å². The van der Waals surface area contributed by atoms with Crippen molar-refractivity contribution >= 4 is 40.8 Å². The van der Waals surface area contributed by atoms with Crippen molar-refractivity contribution in [3.05, 3.63) is 52.4 Å². The van der Waals surface area contributed by atoms with Gasteiger partial charge in [0.2, 0.25) is 0 Å². The zero-order chi connectivity index (χ0) is 13.8. The molecular weight excluding hydrogens is 291 g/mol. The van der Waals surface area contributed by atoms with Gasteiger partial charge in [0.05, 0.1) is 16.3 Å². The van der Waals surface area contributed by atoms with Gasteiger partial charge in [-0.1, -0.05) is 23.2 Å². The molecule has 0 unspecified atom stereocenters. The van der Waals surface area contributed by atoms with E-state index >= 15 is 0 Å². The molecule has 98 valence electrons. The van der Waals surface area contributed by atoms with E-state index in [2.05, 4.69) is 10.6 Å². The van der Waals surface area contributed by atoms with E-state index in [1.807, 2.05) is 0 Å². The van der Waals surface area contributed by atoms with Crippen molar-refractivity contribution < 1.29 is 14.0 Å². The molecule has 0 aliphatic rings. The molecule has 0 spiro atoms. The summed E-state index contributed by atoms with van der Waals surface area (Å²) in [5.74, 6) is -0.591. The summed E-state index contributed by atoms with van der Waals surface area (Å²) in [6, 6.07) is 6.87. The average molecular weight is 299 g/mol. The highest BCUT2D eigenvalue weighted by Crippen LogP contribution is 2.24. The van der Waals surface area contributed by atoms with Gasteiger partial charge < -0.3 is 9.73 Å². The number of imide groups is 1. The standard InChI is InChI=1S/C12H8Cl2N2O3/c13-8-4-3-7(6-9(8)14)15-12(18)16-11(17)10-2-1-5-19-10/h1-6H,(H2,15,16,17,18). The Bertz CT molecular complexity index is 611. The fourth-order valence-electron chi connectivity index (χ4n) is 1.31. The van der Waals surface area contributed by atoms with Crippen molar-refractivity contribution in [1.82, 2.24) is 5.32 Å². The lowest BCUT2D eigenvalue weighted by molar-refractivity contribution is 0.0940. The predicted molar refractivity (Wildman–Crippen MR) is 71.7 cm³/mol. The molecule has 0 saturated heterocycles. The molecule has 1 aromatic heterocycles. The first-order valence-electron chi connectivity index (χ1n) is 5.17. The average Bonchev–Trinajstić information content (AvgIpc) is 2.87. The monoisotopic (exact) mass is 298 g/mol. The summed E-state index contributed by atoms with van der Waals surface area (Å²) in [6.07, 6.45) is 1.34. The topological polar surface area (TPSA) is 71.3 Å². The van der Waals surface area contributed by atoms with Crippen LogP contribution in [0, 0.1) is 0 Å². The second-order valence-corrected chi connectivity index (χ2v) is 4.33. The number of carbonyl (C=O) groups is 2. The minimum absolute atomic E-state index is 0.0456. The van der Waals surface area contributed by atoms with Crippen molar-refractivity contribution in [2.45, 2.75) is 0 Å². The highest BCUT2D eigenvalue weighted by Gasteiger charge is 2.12. The maximum atomic E-state index is 11.6. The lowest BCUT2D eigenvalue weighted by Crippen LogP contribution is -2.34. The minimum atomic E-state index is -0.695. The largest absolute Gasteiger partial charge is 0.459 e. The Labute approximate surface area is 118 Å². The van der Waals surface area contributed by atoms with Crippen LogP contribution in [-0.2, 0) is 0 Å². The fraction of sp³-hybridized carbons (Fsp3) is 0. The quantitative estimate of drug-likeness (QED) is 0.890. The molecule has 3 amide bonds. The molecule has 1 heterocycles. The number of urea groups is 1. The first-order valence-corrected chi connectivity index (χ1v) is 5.93. The summed E-state index contributed by atoms with van der Waals surface area (Å²) < 4.78 is 4.85. The van der Waals surface area contributed by atoms with Crippen LogP contribution in [0.3, 0.4) is 0 Å².